The Morgan fingerprint density at radius 1 is 1.08 bits per heavy atom. The molecule has 0 spiro atoms. The van der Waals surface area contributed by atoms with Gasteiger partial charge in [0.2, 0.25) is 0 Å². The van der Waals surface area contributed by atoms with Crippen molar-refractivity contribution in [3.05, 3.63) is 65.4 Å². The number of aromatic nitrogens is 1. The van der Waals surface area contributed by atoms with Gasteiger partial charge in [0.25, 0.3) is 5.91 Å². The number of methoxy groups -OCH3 is 1. The molecule has 3 aromatic rings. The maximum atomic E-state index is 13.0. The van der Waals surface area contributed by atoms with E-state index in [0.717, 1.165) is 11.1 Å². The molecular formula is C21H21NO4. The van der Waals surface area contributed by atoms with E-state index in [9.17, 15) is 9.59 Å². The minimum Gasteiger partial charge on any atom is -0.481 e. The van der Waals surface area contributed by atoms with Gasteiger partial charge >= 0.3 is 5.97 Å². The van der Waals surface area contributed by atoms with Crippen molar-refractivity contribution in [1.82, 2.24) is 4.57 Å². The monoisotopic (exact) mass is 351 g/mol. The lowest BCUT2D eigenvalue weighted by Crippen LogP contribution is -2.29. The maximum absolute atomic E-state index is 13.0. The summed E-state index contributed by atoms with van der Waals surface area (Å²) in [6.07, 6.45) is 0.804. The quantitative estimate of drug-likeness (QED) is 0.663. The van der Waals surface area contributed by atoms with Crippen LogP contribution in [0.25, 0.3) is 10.9 Å². The van der Waals surface area contributed by atoms with E-state index in [4.69, 9.17) is 9.47 Å². The lowest BCUT2D eigenvalue weighted by atomic mass is 10.1. The Kier molecular flexibility index (Phi) is 4.80. The minimum absolute atomic E-state index is 0.253. The standard InChI is InChI=1S/C21H21NO4/c1-13-9-10-19(14(2)11-13)26-15(3)20(23)22-12-17(21(24)25-4)16-7-5-6-8-18(16)22/h5-12,15H,1-4H3. The molecule has 1 aromatic heterocycles. The third kappa shape index (κ3) is 3.20. The summed E-state index contributed by atoms with van der Waals surface area (Å²) in [5.41, 5.74) is 3.11. The van der Waals surface area contributed by atoms with Crippen LogP contribution in [-0.2, 0) is 4.74 Å². The number of hydrogen-bond acceptors (Lipinski definition) is 4. The van der Waals surface area contributed by atoms with Gasteiger partial charge in [0.05, 0.1) is 18.2 Å². The molecule has 0 amide bonds. The highest BCUT2D eigenvalue weighted by atomic mass is 16.5. The molecule has 0 radical (unpaired) electrons. The van der Waals surface area contributed by atoms with E-state index in [1.807, 2.05) is 44.2 Å². The van der Waals surface area contributed by atoms with Gasteiger partial charge in [-0.25, -0.2) is 4.79 Å². The molecule has 0 saturated carbocycles. The van der Waals surface area contributed by atoms with Crippen molar-refractivity contribution in [3.63, 3.8) is 0 Å². The predicted octanol–water partition coefficient (Wildman–Crippen LogP) is 4.15. The fourth-order valence-corrected chi connectivity index (χ4v) is 3.00. The third-order valence-electron chi connectivity index (χ3n) is 4.34. The highest BCUT2D eigenvalue weighted by Gasteiger charge is 2.23. The normalized spacial score (nSPS) is 12.0. The number of carbonyl (C=O) groups is 2. The number of fused-ring (bicyclic) bond motifs is 1. The molecule has 134 valence electrons. The zero-order valence-electron chi connectivity index (χ0n) is 15.3. The molecule has 0 fully saturated rings. The Labute approximate surface area is 152 Å². The Morgan fingerprint density at radius 3 is 2.50 bits per heavy atom. The summed E-state index contributed by atoms with van der Waals surface area (Å²) in [5, 5.41) is 0.673. The van der Waals surface area contributed by atoms with Crippen molar-refractivity contribution in [2.75, 3.05) is 7.11 Å². The average molecular weight is 351 g/mol. The van der Waals surface area contributed by atoms with E-state index in [-0.39, 0.29) is 5.91 Å². The van der Waals surface area contributed by atoms with Gasteiger partial charge in [-0.05, 0) is 38.5 Å². The highest BCUT2D eigenvalue weighted by Crippen LogP contribution is 2.24. The van der Waals surface area contributed by atoms with E-state index < -0.39 is 12.1 Å². The van der Waals surface area contributed by atoms with Gasteiger partial charge in [-0.3, -0.25) is 9.36 Å². The number of rotatable bonds is 4. The largest absolute Gasteiger partial charge is 0.481 e. The molecule has 0 N–H and O–H groups in total. The summed E-state index contributed by atoms with van der Waals surface area (Å²) in [6, 6.07) is 13.0. The van der Waals surface area contributed by atoms with Crippen LogP contribution in [0.1, 0.15) is 33.2 Å². The van der Waals surface area contributed by atoms with E-state index >= 15 is 0 Å². The second-order valence-corrected chi connectivity index (χ2v) is 6.29. The molecule has 1 unspecified atom stereocenters. The van der Waals surface area contributed by atoms with Gasteiger partial charge in [-0.1, -0.05) is 35.9 Å². The van der Waals surface area contributed by atoms with Gasteiger partial charge in [-0.15, -0.1) is 0 Å². The van der Waals surface area contributed by atoms with Crippen molar-refractivity contribution in [2.45, 2.75) is 26.9 Å². The number of para-hydroxylation sites is 1. The highest BCUT2D eigenvalue weighted by molar-refractivity contribution is 6.07. The van der Waals surface area contributed by atoms with Crippen LogP contribution < -0.4 is 4.74 Å². The fourth-order valence-electron chi connectivity index (χ4n) is 3.00. The van der Waals surface area contributed by atoms with Crippen LogP contribution in [0.15, 0.2) is 48.7 Å². The Bertz CT molecular complexity index is 987. The lowest BCUT2D eigenvalue weighted by molar-refractivity contribution is 0.0602. The zero-order chi connectivity index (χ0) is 18.8. The average Bonchev–Trinajstić information content (AvgIpc) is 3.02. The first-order valence-corrected chi connectivity index (χ1v) is 8.39. The number of aryl methyl sites for hydroxylation is 2. The SMILES string of the molecule is COC(=O)c1cn(C(=O)C(C)Oc2ccc(C)cc2C)c2ccccc12. The van der Waals surface area contributed by atoms with Crippen LogP contribution in [0, 0.1) is 13.8 Å². The fraction of sp³-hybridized carbons (Fsp3) is 0.238. The molecule has 0 aliphatic heterocycles. The van der Waals surface area contributed by atoms with Crippen molar-refractivity contribution in [1.29, 1.82) is 0 Å². The minimum atomic E-state index is -0.710. The van der Waals surface area contributed by atoms with E-state index in [2.05, 4.69) is 0 Å². The van der Waals surface area contributed by atoms with Gasteiger partial charge < -0.3 is 9.47 Å². The van der Waals surface area contributed by atoms with Gasteiger partial charge in [0.1, 0.15) is 5.75 Å². The topological polar surface area (TPSA) is 57.5 Å². The summed E-state index contributed by atoms with van der Waals surface area (Å²) < 4.78 is 12.2. The smallest absolute Gasteiger partial charge is 0.340 e. The number of nitrogens with zero attached hydrogens (tertiary/aromatic N) is 1. The van der Waals surface area contributed by atoms with E-state index in [0.29, 0.717) is 22.2 Å². The lowest BCUT2D eigenvalue weighted by Gasteiger charge is -2.16. The summed E-state index contributed by atoms with van der Waals surface area (Å²) in [5.74, 6) is -0.0619. The van der Waals surface area contributed by atoms with Gasteiger partial charge in [-0.2, -0.15) is 0 Å². The van der Waals surface area contributed by atoms with Crippen molar-refractivity contribution in [3.8, 4) is 5.75 Å². The zero-order valence-corrected chi connectivity index (χ0v) is 15.3. The molecule has 3 rings (SSSR count). The molecule has 26 heavy (non-hydrogen) atoms. The first-order valence-electron chi connectivity index (χ1n) is 8.39. The summed E-state index contributed by atoms with van der Waals surface area (Å²) in [6.45, 7) is 5.65. The van der Waals surface area contributed by atoms with Crippen molar-refractivity contribution < 1.29 is 19.1 Å². The number of benzene rings is 2. The Hall–Kier alpha value is -3.08. The van der Waals surface area contributed by atoms with Crippen LogP contribution in [-0.4, -0.2) is 29.7 Å². The van der Waals surface area contributed by atoms with Crippen LogP contribution in [0.5, 0.6) is 5.75 Å². The molecule has 1 heterocycles. The van der Waals surface area contributed by atoms with Crippen molar-refractivity contribution >= 4 is 22.8 Å². The summed E-state index contributed by atoms with van der Waals surface area (Å²) in [7, 11) is 1.32. The first-order chi connectivity index (χ1) is 12.4. The van der Waals surface area contributed by atoms with E-state index in [1.54, 1.807) is 19.1 Å². The second-order valence-electron chi connectivity index (χ2n) is 6.29. The van der Waals surface area contributed by atoms with Gasteiger partial charge in [0.15, 0.2) is 6.10 Å². The summed E-state index contributed by atoms with van der Waals surface area (Å²) >= 11 is 0. The number of carbonyl (C=O) groups excluding carboxylic acids is 2. The number of esters is 1. The Balaban J connectivity index is 1.95. The summed E-state index contributed by atoms with van der Waals surface area (Å²) in [4.78, 5) is 25.0. The predicted molar refractivity (Wildman–Crippen MR) is 99.9 cm³/mol. The molecule has 5 nitrogen and oxygen atoms in total. The van der Waals surface area contributed by atoms with E-state index in [1.165, 1.54) is 17.9 Å². The van der Waals surface area contributed by atoms with Crippen LogP contribution in [0.2, 0.25) is 0 Å². The Morgan fingerprint density at radius 2 is 1.81 bits per heavy atom. The van der Waals surface area contributed by atoms with Crippen LogP contribution in [0.4, 0.5) is 0 Å². The number of ether oxygens (including phenoxy) is 2. The molecule has 5 heteroatoms. The van der Waals surface area contributed by atoms with Crippen molar-refractivity contribution in [2.24, 2.45) is 0 Å². The molecular weight excluding hydrogens is 330 g/mol. The molecule has 0 aliphatic carbocycles. The van der Waals surface area contributed by atoms with Crippen LogP contribution in [0.3, 0.4) is 0 Å². The first kappa shape index (κ1) is 17.7. The molecule has 1 atom stereocenters. The maximum Gasteiger partial charge on any atom is 0.340 e. The van der Waals surface area contributed by atoms with Gasteiger partial charge in [0, 0.05) is 11.6 Å². The van der Waals surface area contributed by atoms with Crippen LogP contribution >= 0.6 is 0 Å². The second kappa shape index (κ2) is 7.04. The molecule has 0 saturated heterocycles. The number of hydrogen-bond donors (Lipinski definition) is 0. The molecule has 0 aliphatic rings. The molecule has 0 bridgehead atoms. The molecule has 2 aromatic carbocycles. The third-order valence-corrected chi connectivity index (χ3v) is 4.34.